The van der Waals surface area contributed by atoms with Crippen LogP contribution in [0.2, 0.25) is 0 Å². The molecule has 3 rings (SSSR count). The van der Waals surface area contributed by atoms with Crippen LogP contribution in [0.3, 0.4) is 0 Å². The van der Waals surface area contributed by atoms with Crippen molar-refractivity contribution >= 4 is 22.2 Å². The van der Waals surface area contributed by atoms with Crippen LogP contribution in [0.4, 0.5) is 5.00 Å². The van der Waals surface area contributed by atoms with E-state index >= 15 is 0 Å². The van der Waals surface area contributed by atoms with Gasteiger partial charge in [0.25, 0.3) is 5.91 Å². The Bertz CT molecular complexity index is 502. The second kappa shape index (κ2) is 4.90. The first-order valence-electron chi connectivity index (χ1n) is 6.42. The molecule has 1 N–H and O–H groups in total. The summed E-state index contributed by atoms with van der Waals surface area (Å²) < 4.78 is 0. The van der Waals surface area contributed by atoms with Crippen molar-refractivity contribution in [1.82, 2.24) is 10.2 Å². The van der Waals surface area contributed by atoms with E-state index < -0.39 is 4.92 Å². The van der Waals surface area contributed by atoms with Crippen LogP contribution in [0.5, 0.6) is 0 Å². The first-order valence-corrected chi connectivity index (χ1v) is 7.23. The van der Waals surface area contributed by atoms with Crippen molar-refractivity contribution < 1.29 is 9.72 Å². The van der Waals surface area contributed by atoms with E-state index in [-0.39, 0.29) is 10.9 Å². The lowest BCUT2D eigenvalue weighted by molar-refractivity contribution is -0.380. The number of carbonyl (C=O) groups is 1. The van der Waals surface area contributed by atoms with Crippen LogP contribution < -0.4 is 5.32 Å². The Labute approximate surface area is 114 Å². The Morgan fingerprint density at radius 2 is 2.32 bits per heavy atom. The van der Waals surface area contributed by atoms with Gasteiger partial charge in [0.05, 0.1) is 9.80 Å². The van der Waals surface area contributed by atoms with E-state index in [1.54, 1.807) is 6.07 Å². The lowest BCUT2D eigenvalue weighted by atomic mass is 9.94. The van der Waals surface area contributed by atoms with Crippen LogP contribution in [-0.2, 0) is 0 Å². The highest BCUT2D eigenvalue weighted by Gasteiger charge is 2.37. The molecule has 2 fully saturated rings. The number of piperidine rings is 1. The highest BCUT2D eigenvalue weighted by Crippen LogP contribution is 2.29. The number of nitrogens with zero attached hydrogens (tertiary/aromatic N) is 2. The molecule has 1 aromatic heterocycles. The molecule has 0 radical (unpaired) electrons. The summed E-state index contributed by atoms with van der Waals surface area (Å²) in [5, 5.41) is 14.1. The smallest absolute Gasteiger partial charge is 0.324 e. The van der Waals surface area contributed by atoms with Crippen molar-refractivity contribution in [3.05, 3.63) is 27.1 Å². The van der Waals surface area contributed by atoms with E-state index in [2.05, 4.69) is 5.32 Å². The van der Waals surface area contributed by atoms with E-state index in [4.69, 9.17) is 0 Å². The summed E-state index contributed by atoms with van der Waals surface area (Å²) in [5.74, 6) is 0.460. The number of fused-ring (bicyclic) bond motifs is 1. The molecule has 0 spiro atoms. The van der Waals surface area contributed by atoms with Crippen LogP contribution in [0.1, 0.15) is 22.5 Å². The summed E-state index contributed by atoms with van der Waals surface area (Å²) in [6, 6.07) is 3.35. The van der Waals surface area contributed by atoms with Gasteiger partial charge in [-0.1, -0.05) is 11.3 Å². The lowest BCUT2D eigenvalue weighted by Gasteiger charge is -2.24. The van der Waals surface area contributed by atoms with E-state index in [0.717, 1.165) is 43.8 Å². The summed E-state index contributed by atoms with van der Waals surface area (Å²) in [6.07, 6.45) is 2.32. The third kappa shape index (κ3) is 2.35. The van der Waals surface area contributed by atoms with Crippen molar-refractivity contribution in [3.8, 4) is 0 Å². The Balaban J connectivity index is 1.71. The summed E-state index contributed by atoms with van der Waals surface area (Å²) in [4.78, 5) is 24.8. The van der Waals surface area contributed by atoms with Crippen molar-refractivity contribution in [2.45, 2.75) is 18.9 Å². The number of thiophene rings is 1. The second-order valence-corrected chi connectivity index (χ2v) is 6.13. The number of rotatable bonds is 2. The third-order valence-electron chi connectivity index (χ3n) is 3.87. The van der Waals surface area contributed by atoms with Gasteiger partial charge >= 0.3 is 5.00 Å². The molecule has 0 saturated carbocycles. The first kappa shape index (κ1) is 12.6. The zero-order valence-electron chi connectivity index (χ0n) is 10.4. The third-order valence-corrected chi connectivity index (χ3v) is 4.89. The Morgan fingerprint density at radius 1 is 1.47 bits per heavy atom. The molecule has 6 nitrogen and oxygen atoms in total. The van der Waals surface area contributed by atoms with Gasteiger partial charge in [-0.2, -0.15) is 0 Å². The molecule has 1 aromatic rings. The quantitative estimate of drug-likeness (QED) is 0.658. The lowest BCUT2D eigenvalue weighted by Crippen LogP contribution is -2.41. The number of nitro groups is 1. The van der Waals surface area contributed by atoms with Gasteiger partial charge < -0.3 is 10.2 Å². The van der Waals surface area contributed by atoms with Gasteiger partial charge in [-0.25, -0.2) is 0 Å². The SMILES string of the molecule is O=C(c1ccc([N+](=O)[O-])s1)N1CC2CCCNC2C1. The highest BCUT2D eigenvalue weighted by molar-refractivity contribution is 7.17. The summed E-state index contributed by atoms with van der Waals surface area (Å²) in [7, 11) is 0. The number of hydrogen-bond acceptors (Lipinski definition) is 5. The molecule has 2 aliphatic rings. The molecule has 3 heterocycles. The van der Waals surface area contributed by atoms with E-state index in [1.165, 1.54) is 6.07 Å². The second-order valence-electron chi connectivity index (χ2n) is 5.07. The summed E-state index contributed by atoms with van der Waals surface area (Å²) >= 11 is 0.959. The minimum absolute atomic E-state index is 0.0260. The normalized spacial score (nSPS) is 26.2. The number of likely N-dealkylation sites (tertiary alicyclic amines) is 1. The maximum absolute atomic E-state index is 12.3. The minimum atomic E-state index is -0.452. The highest BCUT2D eigenvalue weighted by atomic mass is 32.1. The monoisotopic (exact) mass is 281 g/mol. The van der Waals surface area contributed by atoms with Gasteiger partial charge in [-0.15, -0.1) is 0 Å². The predicted octanol–water partition coefficient (Wildman–Crippen LogP) is 1.48. The Kier molecular flexibility index (Phi) is 3.24. The first-order chi connectivity index (χ1) is 9.15. The average Bonchev–Trinajstić information content (AvgIpc) is 3.04. The van der Waals surface area contributed by atoms with Gasteiger partial charge in [0, 0.05) is 25.2 Å². The molecule has 2 atom stereocenters. The zero-order valence-corrected chi connectivity index (χ0v) is 11.2. The fourth-order valence-corrected chi connectivity index (χ4v) is 3.70. The van der Waals surface area contributed by atoms with E-state index in [9.17, 15) is 14.9 Å². The van der Waals surface area contributed by atoms with Crippen LogP contribution in [0, 0.1) is 16.0 Å². The molecule has 19 heavy (non-hydrogen) atoms. The molecule has 2 unspecified atom stereocenters. The van der Waals surface area contributed by atoms with Gasteiger partial charge in [-0.05, 0) is 31.4 Å². The number of carbonyl (C=O) groups excluding carboxylic acids is 1. The van der Waals surface area contributed by atoms with Crippen molar-refractivity contribution in [2.75, 3.05) is 19.6 Å². The van der Waals surface area contributed by atoms with Crippen molar-refractivity contribution in [3.63, 3.8) is 0 Å². The molecule has 0 aliphatic carbocycles. The van der Waals surface area contributed by atoms with Gasteiger partial charge in [0.2, 0.25) is 0 Å². The fraction of sp³-hybridized carbons (Fsp3) is 0.583. The fourth-order valence-electron chi connectivity index (χ4n) is 2.91. The maximum Gasteiger partial charge on any atom is 0.324 e. The van der Waals surface area contributed by atoms with Crippen LogP contribution in [-0.4, -0.2) is 41.4 Å². The Hall–Kier alpha value is -1.47. The molecular formula is C12H15N3O3S. The van der Waals surface area contributed by atoms with Crippen LogP contribution >= 0.6 is 11.3 Å². The van der Waals surface area contributed by atoms with Crippen LogP contribution in [0.25, 0.3) is 0 Å². The van der Waals surface area contributed by atoms with Crippen LogP contribution in [0.15, 0.2) is 12.1 Å². The maximum atomic E-state index is 12.3. The predicted molar refractivity (Wildman–Crippen MR) is 71.4 cm³/mol. The standard InChI is InChI=1S/C12H15N3O3S/c16-12(10-3-4-11(19-10)15(17)18)14-6-8-2-1-5-13-9(8)7-14/h3-4,8-9,13H,1-2,5-7H2. The number of hydrogen-bond donors (Lipinski definition) is 1. The Morgan fingerprint density at radius 3 is 3.00 bits per heavy atom. The number of amides is 1. The number of nitrogens with one attached hydrogen (secondary N) is 1. The summed E-state index contributed by atoms with van der Waals surface area (Å²) in [6.45, 7) is 2.51. The minimum Gasteiger partial charge on any atom is -0.336 e. The summed E-state index contributed by atoms with van der Waals surface area (Å²) in [5.41, 5.74) is 0. The van der Waals surface area contributed by atoms with E-state index in [0.29, 0.717) is 16.8 Å². The molecule has 1 amide bonds. The molecule has 0 aromatic carbocycles. The largest absolute Gasteiger partial charge is 0.336 e. The van der Waals surface area contributed by atoms with Gasteiger partial charge in [0.15, 0.2) is 0 Å². The molecule has 102 valence electrons. The molecule has 2 saturated heterocycles. The van der Waals surface area contributed by atoms with Gasteiger partial charge in [0.1, 0.15) is 0 Å². The van der Waals surface area contributed by atoms with E-state index in [1.807, 2.05) is 4.90 Å². The topological polar surface area (TPSA) is 75.5 Å². The van der Waals surface area contributed by atoms with Gasteiger partial charge in [-0.3, -0.25) is 14.9 Å². The van der Waals surface area contributed by atoms with Crippen molar-refractivity contribution in [2.24, 2.45) is 5.92 Å². The molecular weight excluding hydrogens is 266 g/mol. The molecule has 0 bridgehead atoms. The molecule has 2 aliphatic heterocycles. The average molecular weight is 281 g/mol. The van der Waals surface area contributed by atoms with Crippen molar-refractivity contribution in [1.29, 1.82) is 0 Å². The molecule has 7 heteroatoms. The zero-order chi connectivity index (χ0) is 13.4.